The summed E-state index contributed by atoms with van der Waals surface area (Å²) in [7, 11) is 0. The molecule has 1 aliphatic rings. The highest BCUT2D eigenvalue weighted by molar-refractivity contribution is 6.00. The summed E-state index contributed by atoms with van der Waals surface area (Å²) >= 11 is 0. The van der Waals surface area contributed by atoms with E-state index in [1.54, 1.807) is 18.2 Å². The third kappa shape index (κ3) is 2.02. The number of ether oxygens (including phenoxy) is 2. The Kier molecular flexibility index (Phi) is 3.10. The van der Waals surface area contributed by atoms with Gasteiger partial charge in [-0.15, -0.1) is 0 Å². The van der Waals surface area contributed by atoms with Crippen molar-refractivity contribution in [3.63, 3.8) is 0 Å². The first-order chi connectivity index (χ1) is 7.72. The average Bonchev–Trinajstić information content (AvgIpc) is 2.75. The predicted molar refractivity (Wildman–Crippen MR) is 59.8 cm³/mol. The third-order valence-corrected chi connectivity index (χ3v) is 2.59. The second-order valence-corrected chi connectivity index (χ2v) is 3.83. The van der Waals surface area contributed by atoms with Gasteiger partial charge in [-0.3, -0.25) is 4.79 Å². The van der Waals surface area contributed by atoms with Gasteiger partial charge in [0.2, 0.25) is 6.79 Å². The molecular formula is C12H15NO3. The van der Waals surface area contributed by atoms with Gasteiger partial charge in [-0.2, -0.15) is 0 Å². The van der Waals surface area contributed by atoms with Crippen molar-refractivity contribution >= 4 is 5.78 Å². The molecule has 2 rings (SSSR count). The van der Waals surface area contributed by atoms with Crippen LogP contribution >= 0.6 is 0 Å². The van der Waals surface area contributed by atoms with E-state index in [9.17, 15) is 4.79 Å². The van der Waals surface area contributed by atoms with Crippen molar-refractivity contribution in [2.75, 3.05) is 6.79 Å². The Balaban J connectivity index is 2.18. The fourth-order valence-electron chi connectivity index (χ4n) is 1.71. The van der Waals surface area contributed by atoms with Crippen LogP contribution in [0.4, 0.5) is 0 Å². The molecule has 4 heteroatoms. The maximum absolute atomic E-state index is 11.9. The minimum atomic E-state index is -0.426. The van der Waals surface area contributed by atoms with E-state index in [4.69, 9.17) is 15.2 Å². The minimum absolute atomic E-state index is 0.0415. The number of nitrogens with two attached hydrogens (primary N) is 1. The number of carbonyl (C=O) groups is 1. The zero-order valence-electron chi connectivity index (χ0n) is 9.23. The van der Waals surface area contributed by atoms with Crippen LogP contribution in [0.5, 0.6) is 11.5 Å². The van der Waals surface area contributed by atoms with Gasteiger partial charge in [0.15, 0.2) is 17.3 Å². The number of hydrogen-bond acceptors (Lipinski definition) is 4. The van der Waals surface area contributed by atoms with Crippen molar-refractivity contribution in [3.05, 3.63) is 23.8 Å². The topological polar surface area (TPSA) is 61.6 Å². The molecule has 1 heterocycles. The SMILES string of the molecule is CCC[C@H](N)C(=O)c1ccc2c(c1)OCO2. The van der Waals surface area contributed by atoms with E-state index < -0.39 is 6.04 Å². The van der Waals surface area contributed by atoms with Crippen LogP contribution in [0.25, 0.3) is 0 Å². The summed E-state index contributed by atoms with van der Waals surface area (Å²) < 4.78 is 10.4. The van der Waals surface area contributed by atoms with Crippen LogP contribution in [0, 0.1) is 0 Å². The van der Waals surface area contributed by atoms with Gasteiger partial charge in [-0.25, -0.2) is 0 Å². The number of Topliss-reactive ketones (excluding diaryl/α,β-unsaturated/α-hetero) is 1. The molecule has 0 radical (unpaired) electrons. The van der Waals surface area contributed by atoms with Crippen molar-refractivity contribution in [1.82, 2.24) is 0 Å². The standard InChI is InChI=1S/C12H15NO3/c1-2-3-9(13)12(14)8-4-5-10-11(6-8)16-7-15-10/h4-6,9H,2-3,7,13H2,1H3/t9-/m0/s1. The maximum Gasteiger partial charge on any atom is 0.231 e. The molecule has 0 fully saturated rings. The van der Waals surface area contributed by atoms with Gasteiger partial charge in [0.05, 0.1) is 6.04 Å². The molecule has 86 valence electrons. The Labute approximate surface area is 94.3 Å². The fraction of sp³-hybridized carbons (Fsp3) is 0.417. The Morgan fingerprint density at radius 3 is 2.94 bits per heavy atom. The second-order valence-electron chi connectivity index (χ2n) is 3.83. The van der Waals surface area contributed by atoms with Crippen LogP contribution in [0.1, 0.15) is 30.1 Å². The molecule has 1 aromatic carbocycles. The Morgan fingerprint density at radius 2 is 2.19 bits per heavy atom. The lowest BCUT2D eigenvalue weighted by Crippen LogP contribution is -2.30. The van der Waals surface area contributed by atoms with Crippen molar-refractivity contribution in [3.8, 4) is 11.5 Å². The largest absolute Gasteiger partial charge is 0.454 e. The molecule has 4 nitrogen and oxygen atoms in total. The molecule has 0 spiro atoms. The van der Waals surface area contributed by atoms with Crippen LogP contribution < -0.4 is 15.2 Å². The zero-order valence-corrected chi connectivity index (χ0v) is 9.23. The van der Waals surface area contributed by atoms with E-state index in [0.29, 0.717) is 23.5 Å². The molecule has 16 heavy (non-hydrogen) atoms. The molecule has 0 saturated heterocycles. The summed E-state index contributed by atoms with van der Waals surface area (Å²) in [5.74, 6) is 1.26. The fourth-order valence-corrected chi connectivity index (χ4v) is 1.71. The number of hydrogen-bond donors (Lipinski definition) is 1. The van der Waals surface area contributed by atoms with Crippen molar-refractivity contribution in [2.24, 2.45) is 5.73 Å². The molecule has 1 aliphatic heterocycles. The predicted octanol–water partition coefficient (Wildman–Crippen LogP) is 1.73. The van der Waals surface area contributed by atoms with Gasteiger partial charge >= 0.3 is 0 Å². The van der Waals surface area contributed by atoms with Gasteiger partial charge in [0.1, 0.15) is 0 Å². The van der Waals surface area contributed by atoms with E-state index in [1.807, 2.05) is 6.92 Å². The van der Waals surface area contributed by atoms with Gasteiger partial charge in [-0.1, -0.05) is 13.3 Å². The zero-order chi connectivity index (χ0) is 11.5. The van der Waals surface area contributed by atoms with Gasteiger partial charge in [-0.05, 0) is 24.6 Å². The molecule has 2 N–H and O–H groups in total. The van der Waals surface area contributed by atoms with E-state index in [-0.39, 0.29) is 12.6 Å². The minimum Gasteiger partial charge on any atom is -0.454 e. The van der Waals surface area contributed by atoms with Crippen LogP contribution in [0.2, 0.25) is 0 Å². The van der Waals surface area contributed by atoms with Crippen LogP contribution in [0.15, 0.2) is 18.2 Å². The Morgan fingerprint density at radius 1 is 1.44 bits per heavy atom. The monoisotopic (exact) mass is 221 g/mol. The quantitative estimate of drug-likeness (QED) is 0.786. The van der Waals surface area contributed by atoms with E-state index >= 15 is 0 Å². The van der Waals surface area contributed by atoms with Crippen LogP contribution in [-0.4, -0.2) is 18.6 Å². The molecule has 0 aliphatic carbocycles. The number of carbonyl (C=O) groups excluding carboxylic acids is 1. The summed E-state index contributed by atoms with van der Waals surface area (Å²) in [4.78, 5) is 11.9. The van der Waals surface area contributed by atoms with Gasteiger partial charge in [0, 0.05) is 5.56 Å². The normalized spacial score (nSPS) is 14.9. The van der Waals surface area contributed by atoms with Gasteiger partial charge < -0.3 is 15.2 Å². The highest BCUT2D eigenvalue weighted by atomic mass is 16.7. The summed E-state index contributed by atoms with van der Waals surface area (Å²) in [5, 5.41) is 0. The number of ketones is 1. The van der Waals surface area contributed by atoms with Crippen molar-refractivity contribution < 1.29 is 14.3 Å². The van der Waals surface area contributed by atoms with E-state index in [0.717, 1.165) is 6.42 Å². The highest BCUT2D eigenvalue weighted by Crippen LogP contribution is 2.32. The second kappa shape index (κ2) is 4.53. The van der Waals surface area contributed by atoms with Crippen LogP contribution in [0.3, 0.4) is 0 Å². The number of rotatable bonds is 4. The maximum atomic E-state index is 11.9. The molecule has 0 saturated carbocycles. The highest BCUT2D eigenvalue weighted by Gasteiger charge is 2.19. The average molecular weight is 221 g/mol. The van der Waals surface area contributed by atoms with E-state index in [2.05, 4.69) is 0 Å². The molecule has 0 aromatic heterocycles. The smallest absolute Gasteiger partial charge is 0.231 e. The molecule has 0 amide bonds. The molecule has 0 bridgehead atoms. The van der Waals surface area contributed by atoms with Crippen molar-refractivity contribution in [1.29, 1.82) is 0 Å². The summed E-state index contributed by atoms with van der Waals surface area (Å²) in [5.41, 5.74) is 6.37. The molecule has 0 unspecified atom stereocenters. The molecule has 1 aromatic rings. The molecular weight excluding hydrogens is 206 g/mol. The first-order valence-corrected chi connectivity index (χ1v) is 5.42. The van der Waals surface area contributed by atoms with Gasteiger partial charge in [0.25, 0.3) is 0 Å². The Hall–Kier alpha value is -1.55. The lowest BCUT2D eigenvalue weighted by molar-refractivity contribution is 0.0956. The number of fused-ring (bicyclic) bond motifs is 1. The summed E-state index contributed by atoms with van der Waals surface area (Å²) in [6, 6.07) is 4.74. The van der Waals surface area contributed by atoms with E-state index in [1.165, 1.54) is 0 Å². The lowest BCUT2D eigenvalue weighted by atomic mass is 10.0. The lowest BCUT2D eigenvalue weighted by Gasteiger charge is -2.09. The summed E-state index contributed by atoms with van der Waals surface area (Å²) in [6.45, 7) is 2.22. The number of benzene rings is 1. The third-order valence-electron chi connectivity index (χ3n) is 2.59. The summed E-state index contributed by atoms with van der Waals surface area (Å²) in [6.07, 6.45) is 1.60. The first kappa shape index (κ1) is 11.0. The Bertz CT molecular complexity index is 403. The van der Waals surface area contributed by atoms with Crippen LogP contribution in [-0.2, 0) is 0 Å². The van der Waals surface area contributed by atoms with Crippen molar-refractivity contribution in [2.45, 2.75) is 25.8 Å². The first-order valence-electron chi connectivity index (χ1n) is 5.42. The molecule has 1 atom stereocenters.